The first-order chi connectivity index (χ1) is 8.03. The van der Waals surface area contributed by atoms with Crippen molar-refractivity contribution in [2.45, 2.75) is 31.7 Å². The molecule has 0 spiro atoms. The average molecular weight is 264 g/mol. The number of carbonyl (C=O) groups is 1. The van der Waals surface area contributed by atoms with E-state index in [4.69, 9.17) is 0 Å². The third-order valence-corrected chi connectivity index (χ3v) is 4.17. The van der Waals surface area contributed by atoms with Crippen molar-refractivity contribution >= 4 is 16.0 Å². The molecular weight excluding hydrogens is 244 g/mol. The lowest BCUT2D eigenvalue weighted by Gasteiger charge is -2.10. The Balaban J connectivity index is 2.17. The smallest absolute Gasteiger partial charge is 0.306 e. The van der Waals surface area contributed by atoms with Gasteiger partial charge in [-0.05, 0) is 25.8 Å². The maximum atomic E-state index is 11.5. The standard InChI is InChI=1S/C10H20N2O4S/c1-16-10(13)5-8-17(14,15)12-7-4-9-3-2-6-11-9/h9,11-12H,2-8H2,1H3. The summed E-state index contributed by atoms with van der Waals surface area (Å²) in [4.78, 5) is 10.8. The van der Waals surface area contributed by atoms with Gasteiger partial charge >= 0.3 is 5.97 Å². The topological polar surface area (TPSA) is 84.5 Å². The molecule has 7 heteroatoms. The summed E-state index contributed by atoms with van der Waals surface area (Å²) in [5.74, 6) is -0.717. The molecule has 6 nitrogen and oxygen atoms in total. The van der Waals surface area contributed by atoms with Crippen LogP contribution in [0, 0.1) is 0 Å². The Morgan fingerprint density at radius 2 is 2.29 bits per heavy atom. The minimum Gasteiger partial charge on any atom is -0.469 e. The highest BCUT2D eigenvalue weighted by atomic mass is 32.2. The van der Waals surface area contributed by atoms with Crippen molar-refractivity contribution in [1.82, 2.24) is 10.0 Å². The number of hydrogen-bond donors (Lipinski definition) is 2. The fraction of sp³-hybridized carbons (Fsp3) is 0.900. The molecule has 2 N–H and O–H groups in total. The van der Waals surface area contributed by atoms with Crippen molar-refractivity contribution < 1.29 is 17.9 Å². The second kappa shape index (κ2) is 6.93. The molecule has 0 aromatic rings. The highest BCUT2D eigenvalue weighted by molar-refractivity contribution is 7.89. The van der Waals surface area contributed by atoms with E-state index in [0.29, 0.717) is 12.6 Å². The minimum absolute atomic E-state index is 0.104. The van der Waals surface area contributed by atoms with Crippen LogP contribution in [0.4, 0.5) is 0 Å². The van der Waals surface area contributed by atoms with Gasteiger partial charge in [-0.2, -0.15) is 0 Å². The van der Waals surface area contributed by atoms with Crippen molar-refractivity contribution in [3.8, 4) is 0 Å². The predicted molar refractivity (Wildman–Crippen MR) is 64.1 cm³/mol. The van der Waals surface area contributed by atoms with Gasteiger partial charge in [0, 0.05) is 12.6 Å². The Morgan fingerprint density at radius 1 is 1.53 bits per heavy atom. The fourth-order valence-electron chi connectivity index (χ4n) is 1.78. The van der Waals surface area contributed by atoms with E-state index in [2.05, 4.69) is 14.8 Å². The van der Waals surface area contributed by atoms with E-state index < -0.39 is 16.0 Å². The van der Waals surface area contributed by atoms with Gasteiger partial charge in [0.1, 0.15) is 0 Å². The molecule has 0 aliphatic carbocycles. The number of carbonyl (C=O) groups excluding carboxylic acids is 1. The summed E-state index contributed by atoms with van der Waals surface area (Å²) in [6, 6.07) is 0.415. The van der Waals surface area contributed by atoms with Crippen LogP contribution in [-0.4, -0.2) is 46.4 Å². The zero-order valence-electron chi connectivity index (χ0n) is 10.1. The van der Waals surface area contributed by atoms with Gasteiger partial charge in [0.25, 0.3) is 0 Å². The van der Waals surface area contributed by atoms with Crippen molar-refractivity contribution in [3.63, 3.8) is 0 Å². The normalized spacial score (nSPS) is 20.4. The molecule has 0 bridgehead atoms. The number of methoxy groups -OCH3 is 1. The van der Waals surface area contributed by atoms with Crippen molar-refractivity contribution in [3.05, 3.63) is 0 Å². The first-order valence-corrected chi connectivity index (χ1v) is 7.46. The SMILES string of the molecule is COC(=O)CCS(=O)(=O)NCCC1CCCN1. The largest absolute Gasteiger partial charge is 0.469 e. The number of nitrogens with one attached hydrogen (secondary N) is 2. The second-order valence-electron chi connectivity index (χ2n) is 4.12. The Labute approximate surface area is 102 Å². The van der Waals surface area contributed by atoms with Crippen molar-refractivity contribution in [1.29, 1.82) is 0 Å². The summed E-state index contributed by atoms with van der Waals surface area (Å²) in [7, 11) is -2.11. The quantitative estimate of drug-likeness (QED) is 0.612. The summed E-state index contributed by atoms with van der Waals surface area (Å²) < 4.78 is 29.9. The van der Waals surface area contributed by atoms with E-state index in [1.807, 2.05) is 0 Å². The molecule has 0 aromatic carbocycles. The van der Waals surface area contributed by atoms with Crippen LogP contribution < -0.4 is 10.0 Å². The minimum atomic E-state index is -3.36. The maximum absolute atomic E-state index is 11.5. The lowest BCUT2D eigenvalue weighted by molar-refractivity contribution is -0.140. The number of esters is 1. The van der Waals surface area contributed by atoms with Crippen molar-refractivity contribution in [2.24, 2.45) is 0 Å². The fourth-order valence-corrected chi connectivity index (χ4v) is 2.79. The van der Waals surface area contributed by atoms with Gasteiger partial charge < -0.3 is 10.1 Å². The Kier molecular flexibility index (Phi) is 5.87. The zero-order chi connectivity index (χ0) is 12.7. The summed E-state index contributed by atoms with van der Waals surface area (Å²) in [6.07, 6.45) is 2.94. The van der Waals surface area contributed by atoms with E-state index in [1.165, 1.54) is 7.11 Å². The van der Waals surface area contributed by atoms with Crippen LogP contribution in [0.3, 0.4) is 0 Å². The summed E-state index contributed by atoms with van der Waals surface area (Å²) >= 11 is 0. The molecule has 1 atom stereocenters. The third kappa shape index (κ3) is 5.99. The van der Waals surface area contributed by atoms with Crippen molar-refractivity contribution in [2.75, 3.05) is 26.0 Å². The van der Waals surface area contributed by atoms with Crippen LogP contribution in [0.1, 0.15) is 25.7 Å². The monoisotopic (exact) mass is 264 g/mol. The molecule has 17 heavy (non-hydrogen) atoms. The molecule has 1 rings (SSSR count). The maximum Gasteiger partial charge on any atom is 0.306 e. The molecular formula is C10H20N2O4S. The second-order valence-corrected chi connectivity index (χ2v) is 6.05. The van der Waals surface area contributed by atoms with E-state index in [0.717, 1.165) is 25.8 Å². The van der Waals surface area contributed by atoms with Crippen LogP contribution >= 0.6 is 0 Å². The highest BCUT2D eigenvalue weighted by Crippen LogP contribution is 2.07. The average Bonchev–Trinajstić information content (AvgIpc) is 2.79. The van der Waals surface area contributed by atoms with Gasteiger partial charge in [0.15, 0.2) is 0 Å². The summed E-state index contributed by atoms with van der Waals surface area (Å²) in [5.41, 5.74) is 0. The first kappa shape index (κ1) is 14.4. The molecule has 0 aromatic heterocycles. The molecule has 1 saturated heterocycles. The molecule has 0 saturated carbocycles. The Bertz CT molecular complexity index is 336. The number of rotatable bonds is 7. The predicted octanol–water partition coefficient (Wildman–Crippen LogP) is -0.389. The molecule has 1 aliphatic rings. The van der Waals surface area contributed by atoms with E-state index in [9.17, 15) is 13.2 Å². The number of hydrogen-bond acceptors (Lipinski definition) is 5. The van der Waals surface area contributed by atoms with Crippen LogP contribution in [0.15, 0.2) is 0 Å². The first-order valence-electron chi connectivity index (χ1n) is 5.81. The third-order valence-electron chi connectivity index (χ3n) is 2.78. The van der Waals surface area contributed by atoms with Gasteiger partial charge in [-0.3, -0.25) is 4.79 Å². The molecule has 0 radical (unpaired) electrons. The van der Waals surface area contributed by atoms with Crippen LogP contribution in [0.25, 0.3) is 0 Å². The molecule has 1 heterocycles. The van der Waals surface area contributed by atoms with E-state index >= 15 is 0 Å². The number of ether oxygens (including phenoxy) is 1. The lowest BCUT2D eigenvalue weighted by Crippen LogP contribution is -2.32. The Hall–Kier alpha value is -0.660. The van der Waals surface area contributed by atoms with Gasteiger partial charge in [-0.15, -0.1) is 0 Å². The van der Waals surface area contributed by atoms with Crippen LogP contribution in [0.5, 0.6) is 0 Å². The van der Waals surface area contributed by atoms with Gasteiger partial charge in [-0.1, -0.05) is 0 Å². The van der Waals surface area contributed by atoms with Gasteiger partial charge in [-0.25, -0.2) is 13.1 Å². The van der Waals surface area contributed by atoms with Crippen LogP contribution in [-0.2, 0) is 19.6 Å². The molecule has 1 aliphatic heterocycles. The van der Waals surface area contributed by atoms with E-state index in [-0.39, 0.29) is 12.2 Å². The van der Waals surface area contributed by atoms with Crippen LogP contribution in [0.2, 0.25) is 0 Å². The Morgan fingerprint density at radius 3 is 2.88 bits per heavy atom. The van der Waals surface area contributed by atoms with E-state index in [1.54, 1.807) is 0 Å². The highest BCUT2D eigenvalue weighted by Gasteiger charge is 2.16. The molecule has 0 amide bonds. The summed E-state index contributed by atoms with van der Waals surface area (Å²) in [5, 5.41) is 3.29. The molecule has 1 fully saturated rings. The number of sulfonamides is 1. The molecule has 1 unspecified atom stereocenters. The van der Waals surface area contributed by atoms with Gasteiger partial charge in [0.05, 0.1) is 19.3 Å². The summed E-state index contributed by atoms with van der Waals surface area (Å²) in [6.45, 7) is 1.43. The van der Waals surface area contributed by atoms with Gasteiger partial charge in [0.2, 0.25) is 10.0 Å². The lowest BCUT2D eigenvalue weighted by atomic mass is 10.2. The zero-order valence-corrected chi connectivity index (χ0v) is 10.9. The molecule has 100 valence electrons.